The first-order valence-electron chi connectivity index (χ1n) is 10.4. The van der Waals surface area contributed by atoms with E-state index in [2.05, 4.69) is 15.3 Å². The fourth-order valence-electron chi connectivity index (χ4n) is 4.05. The molecule has 4 aromatic rings. The van der Waals surface area contributed by atoms with Crippen molar-refractivity contribution in [2.24, 2.45) is 0 Å². The van der Waals surface area contributed by atoms with E-state index in [4.69, 9.17) is 9.47 Å². The number of anilines is 1. The number of methoxy groups -OCH3 is 1. The number of aromatic hydroxyl groups is 2. The van der Waals surface area contributed by atoms with Crippen LogP contribution in [0.3, 0.4) is 0 Å². The van der Waals surface area contributed by atoms with Crippen molar-refractivity contribution in [2.45, 2.75) is 12.5 Å². The van der Waals surface area contributed by atoms with E-state index < -0.39 is 22.9 Å². The van der Waals surface area contributed by atoms with Crippen LogP contribution in [0.25, 0.3) is 22.4 Å². The summed E-state index contributed by atoms with van der Waals surface area (Å²) in [4.78, 5) is 21.1. The Labute approximate surface area is 193 Å². The largest absolute Gasteiger partial charge is 0.502 e. The van der Waals surface area contributed by atoms with Gasteiger partial charge in [0.05, 0.1) is 42.5 Å². The molecule has 0 saturated carbocycles. The van der Waals surface area contributed by atoms with Crippen LogP contribution < -0.4 is 10.1 Å². The third kappa shape index (κ3) is 3.39. The Hall–Kier alpha value is -4.18. The molecule has 174 valence electrons. The van der Waals surface area contributed by atoms with E-state index >= 15 is 4.39 Å². The number of amides is 1. The summed E-state index contributed by atoms with van der Waals surface area (Å²) in [6, 6.07) is 9.70. The van der Waals surface area contributed by atoms with Crippen molar-refractivity contribution in [3.05, 3.63) is 60.2 Å². The van der Waals surface area contributed by atoms with Gasteiger partial charge in [0.2, 0.25) is 5.75 Å². The molecule has 1 fully saturated rings. The van der Waals surface area contributed by atoms with Crippen LogP contribution in [0.1, 0.15) is 17.3 Å². The maximum atomic E-state index is 15.1. The summed E-state index contributed by atoms with van der Waals surface area (Å²) < 4.78 is 27.5. The number of nitrogens with zero attached hydrogens (tertiary/aromatic N) is 3. The molecule has 2 aromatic heterocycles. The van der Waals surface area contributed by atoms with Crippen molar-refractivity contribution in [1.82, 2.24) is 14.5 Å². The van der Waals surface area contributed by atoms with Crippen LogP contribution in [-0.2, 0) is 10.3 Å². The Kier molecular flexibility index (Phi) is 5.09. The van der Waals surface area contributed by atoms with Crippen LogP contribution >= 0.6 is 0 Å². The molecular formula is C24H21FN4O5. The van der Waals surface area contributed by atoms with Gasteiger partial charge in [-0.1, -0.05) is 0 Å². The number of ether oxygens (including phenoxy) is 2. The Morgan fingerprint density at radius 1 is 1.18 bits per heavy atom. The number of fused-ring (bicyclic) bond motifs is 1. The molecule has 1 aliphatic heterocycles. The van der Waals surface area contributed by atoms with Crippen LogP contribution in [0.2, 0.25) is 0 Å². The molecule has 0 bridgehead atoms. The quantitative estimate of drug-likeness (QED) is 0.386. The zero-order chi connectivity index (χ0) is 24.0. The van der Waals surface area contributed by atoms with Gasteiger partial charge in [-0.3, -0.25) is 9.78 Å². The summed E-state index contributed by atoms with van der Waals surface area (Å²) in [6.07, 6.45) is 3.06. The van der Waals surface area contributed by atoms with E-state index in [0.29, 0.717) is 35.5 Å². The van der Waals surface area contributed by atoms with Gasteiger partial charge in [0.25, 0.3) is 5.91 Å². The van der Waals surface area contributed by atoms with Gasteiger partial charge in [0, 0.05) is 23.6 Å². The number of imidazole rings is 1. The average Bonchev–Trinajstić information content (AvgIpc) is 3.20. The van der Waals surface area contributed by atoms with Gasteiger partial charge in [-0.05, 0) is 43.3 Å². The molecule has 10 heteroatoms. The molecule has 1 amide bonds. The lowest BCUT2D eigenvalue weighted by atomic mass is 9.98. The highest BCUT2D eigenvalue weighted by Crippen LogP contribution is 2.44. The van der Waals surface area contributed by atoms with Crippen molar-refractivity contribution in [3.63, 3.8) is 0 Å². The second-order valence-corrected chi connectivity index (χ2v) is 8.29. The van der Waals surface area contributed by atoms with Gasteiger partial charge in [0.1, 0.15) is 5.82 Å². The van der Waals surface area contributed by atoms with Gasteiger partial charge in [-0.2, -0.15) is 0 Å². The second kappa shape index (κ2) is 7.99. The molecule has 3 heterocycles. The van der Waals surface area contributed by atoms with Crippen LogP contribution in [0, 0.1) is 5.82 Å². The topological polar surface area (TPSA) is 119 Å². The maximum Gasteiger partial charge on any atom is 0.255 e. The van der Waals surface area contributed by atoms with Crippen molar-refractivity contribution in [3.8, 4) is 28.6 Å². The number of hydrogen-bond acceptors (Lipinski definition) is 7. The molecule has 2 aromatic carbocycles. The zero-order valence-corrected chi connectivity index (χ0v) is 18.4. The highest BCUT2D eigenvalue weighted by molar-refractivity contribution is 6.05. The normalized spacial score (nSPS) is 14.6. The summed E-state index contributed by atoms with van der Waals surface area (Å²) in [5.41, 5.74) is 1.59. The number of nitrogens with one attached hydrogen (secondary N) is 1. The number of carbonyl (C=O) groups excluding carboxylic acids is 1. The van der Waals surface area contributed by atoms with Crippen LogP contribution in [0.15, 0.2) is 48.8 Å². The first-order valence-corrected chi connectivity index (χ1v) is 10.4. The van der Waals surface area contributed by atoms with E-state index in [9.17, 15) is 15.0 Å². The molecule has 34 heavy (non-hydrogen) atoms. The number of hydrogen-bond donors (Lipinski definition) is 3. The molecule has 0 unspecified atom stereocenters. The highest BCUT2D eigenvalue weighted by Gasteiger charge is 2.39. The first kappa shape index (κ1) is 21.7. The predicted molar refractivity (Wildman–Crippen MR) is 122 cm³/mol. The Morgan fingerprint density at radius 3 is 2.56 bits per heavy atom. The molecule has 1 saturated heterocycles. The standard InChI is InChI=1S/C24H21FN4O5/c1-24(11-34-12-24)29-17-4-3-14(27-23(32)13-5-7-26-8-6-13)9-16(17)28-22(29)15-10-18(33-2)20(30)21(31)19(15)25/h3-10,30-31H,11-12H2,1-2H3,(H,27,32). The molecule has 3 N–H and O–H groups in total. The van der Waals surface area contributed by atoms with Crippen molar-refractivity contribution < 1.29 is 28.9 Å². The summed E-state index contributed by atoms with van der Waals surface area (Å²) in [5.74, 6) is -2.80. The number of benzene rings is 2. The molecule has 0 spiro atoms. The number of phenolic OH excluding ortho intramolecular Hbond substituents is 2. The summed E-state index contributed by atoms with van der Waals surface area (Å²) in [7, 11) is 1.30. The Bertz CT molecular complexity index is 1420. The van der Waals surface area contributed by atoms with Gasteiger partial charge >= 0.3 is 0 Å². The average molecular weight is 464 g/mol. The lowest BCUT2D eigenvalue weighted by molar-refractivity contribution is -0.0868. The second-order valence-electron chi connectivity index (χ2n) is 8.29. The smallest absolute Gasteiger partial charge is 0.255 e. The minimum absolute atomic E-state index is 0.0427. The molecule has 0 atom stereocenters. The van der Waals surface area contributed by atoms with E-state index in [0.717, 1.165) is 0 Å². The van der Waals surface area contributed by atoms with Gasteiger partial charge in [-0.15, -0.1) is 0 Å². The number of carbonyl (C=O) groups is 1. The molecule has 0 aliphatic carbocycles. The number of halogens is 1. The van der Waals surface area contributed by atoms with Gasteiger partial charge in [-0.25, -0.2) is 9.37 Å². The van der Waals surface area contributed by atoms with E-state index in [1.807, 2.05) is 11.5 Å². The Balaban J connectivity index is 1.65. The lowest BCUT2D eigenvalue weighted by Crippen LogP contribution is -2.49. The molecule has 0 radical (unpaired) electrons. The minimum atomic E-state index is -1.02. The molecular weight excluding hydrogens is 443 g/mol. The fourth-order valence-corrected chi connectivity index (χ4v) is 4.05. The van der Waals surface area contributed by atoms with Gasteiger partial charge in [0.15, 0.2) is 17.3 Å². The molecule has 1 aliphatic rings. The number of rotatable bonds is 5. The summed E-state index contributed by atoms with van der Waals surface area (Å²) in [5, 5.41) is 22.9. The number of pyridine rings is 1. The maximum absolute atomic E-state index is 15.1. The lowest BCUT2D eigenvalue weighted by Gasteiger charge is -2.40. The SMILES string of the molecule is COc1cc(-c2nc3cc(NC(=O)c4ccncc4)ccc3n2C2(C)COC2)c(F)c(O)c1O. The first-order chi connectivity index (χ1) is 16.3. The van der Waals surface area contributed by atoms with Crippen molar-refractivity contribution in [1.29, 1.82) is 0 Å². The van der Waals surface area contributed by atoms with E-state index in [-0.39, 0.29) is 23.0 Å². The highest BCUT2D eigenvalue weighted by atomic mass is 19.1. The van der Waals surface area contributed by atoms with E-state index in [1.54, 1.807) is 30.3 Å². The summed E-state index contributed by atoms with van der Waals surface area (Å²) >= 11 is 0. The molecule has 5 rings (SSSR count). The third-order valence-corrected chi connectivity index (χ3v) is 5.86. The number of aromatic nitrogens is 3. The van der Waals surface area contributed by atoms with Crippen LogP contribution in [0.4, 0.5) is 10.1 Å². The predicted octanol–water partition coefficient (Wildman–Crippen LogP) is 3.65. The van der Waals surface area contributed by atoms with E-state index in [1.165, 1.54) is 25.6 Å². The molecule has 9 nitrogen and oxygen atoms in total. The number of phenols is 2. The van der Waals surface area contributed by atoms with Crippen LogP contribution in [-0.4, -0.2) is 51.0 Å². The minimum Gasteiger partial charge on any atom is -0.502 e. The van der Waals surface area contributed by atoms with Gasteiger partial charge < -0.3 is 29.6 Å². The summed E-state index contributed by atoms with van der Waals surface area (Å²) in [6.45, 7) is 2.72. The fraction of sp³-hybridized carbons (Fsp3) is 0.208. The Morgan fingerprint density at radius 2 is 1.91 bits per heavy atom. The van der Waals surface area contributed by atoms with Crippen LogP contribution in [0.5, 0.6) is 17.2 Å². The van der Waals surface area contributed by atoms with Crippen molar-refractivity contribution in [2.75, 3.05) is 25.6 Å². The monoisotopic (exact) mass is 464 g/mol. The third-order valence-electron chi connectivity index (χ3n) is 5.86. The zero-order valence-electron chi connectivity index (χ0n) is 18.4. The van der Waals surface area contributed by atoms with Crippen molar-refractivity contribution >= 4 is 22.6 Å².